The van der Waals surface area contributed by atoms with Gasteiger partial charge in [-0.2, -0.15) is 4.98 Å². The Hall–Kier alpha value is -0.650. The first-order chi connectivity index (χ1) is 8.00. The molecular formula is C12H23ClN4O. The third-order valence-corrected chi connectivity index (χ3v) is 3.07. The van der Waals surface area contributed by atoms with E-state index in [1.54, 1.807) is 0 Å². The highest BCUT2D eigenvalue weighted by Crippen LogP contribution is 2.38. The van der Waals surface area contributed by atoms with Gasteiger partial charge in [0, 0.05) is 12.5 Å². The molecule has 1 saturated carbocycles. The molecule has 1 aliphatic carbocycles. The van der Waals surface area contributed by atoms with Gasteiger partial charge in [-0.3, -0.25) is 4.90 Å². The monoisotopic (exact) mass is 274 g/mol. The Morgan fingerprint density at radius 3 is 2.67 bits per heavy atom. The second-order valence-corrected chi connectivity index (χ2v) is 5.86. The summed E-state index contributed by atoms with van der Waals surface area (Å²) in [5, 5.41) is 4.01. The van der Waals surface area contributed by atoms with Crippen LogP contribution in [0.15, 0.2) is 4.52 Å². The van der Waals surface area contributed by atoms with Crippen LogP contribution in [0.4, 0.5) is 0 Å². The second-order valence-electron chi connectivity index (χ2n) is 5.86. The van der Waals surface area contributed by atoms with Crippen molar-refractivity contribution in [2.75, 3.05) is 20.1 Å². The van der Waals surface area contributed by atoms with E-state index < -0.39 is 0 Å². The average molecular weight is 275 g/mol. The minimum Gasteiger partial charge on any atom is -0.339 e. The third kappa shape index (κ3) is 4.23. The van der Waals surface area contributed by atoms with Crippen molar-refractivity contribution >= 4 is 12.4 Å². The van der Waals surface area contributed by atoms with E-state index in [1.807, 2.05) is 0 Å². The van der Waals surface area contributed by atoms with E-state index in [4.69, 9.17) is 10.3 Å². The predicted octanol–water partition coefficient (Wildman–Crippen LogP) is 1.79. The van der Waals surface area contributed by atoms with E-state index in [0.29, 0.717) is 12.5 Å². The van der Waals surface area contributed by atoms with Crippen molar-refractivity contribution in [1.29, 1.82) is 0 Å². The lowest BCUT2D eigenvalue weighted by molar-refractivity contribution is 0.204. The van der Waals surface area contributed by atoms with E-state index in [-0.39, 0.29) is 17.8 Å². The first kappa shape index (κ1) is 15.4. The molecule has 0 aliphatic heterocycles. The van der Waals surface area contributed by atoms with Crippen molar-refractivity contribution in [3.05, 3.63) is 11.7 Å². The van der Waals surface area contributed by atoms with Crippen LogP contribution >= 0.6 is 12.4 Å². The quantitative estimate of drug-likeness (QED) is 0.856. The first-order valence-electron chi connectivity index (χ1n) is 6.21. The molecule has 5 nitrogen and oxygen atoms in total. The minimum atomic E-state index is 0. The highest BCUT2D eigenvalue weighted by Gasteiger charge is 2.29. The zero-order valence-electron chi connectivity index (χ0n) is 11.3. The number of halogens is 1. The maximum atomic E-state index is 5.72. The van der Waals surface area contributed by atoms with Crippen LogP contribution < -0.4 is 5.73 Å². The fraction of sp³-hybridized carbons (Fsp3) is 0.833. The van der Waals surface area contributed by atoms with Gasteiger partial charge in [-0.15, -0.1) is 12.4 Å². The van der Waals surface area contributed by atoms with Gasteiger partial charge in [0.15, 0.2) is 5.82 Å². The summed E-state index contributed by atoms with van der Waals surface area (Å²) in [5.74, 6) is 2.12. The van der Waals surface area contributed by atoms with Gasteiger partial charge < -0.3 is 10.3 Å². The fourth-order valence-electron chi connectivity index (χ4n) is 1.92. The lowest BCUT2D eigenvalue weighted by Gasteiger charge is -2.28. The van der Waals surface area contributed by atoms with Gasteiger partial charge in [0.25, 0.3) is 0 Å². The summed E-state index contributed by atoms with van der Waals surface area (Å²) in [6.45, 7) is 6.65. The van der Waals surface area contributed by atoms with E-state index in [0.717, 1.165) is 24.8 Å². The molecule has 0 unspecified atom stereocenters. The molecule has 2 rings (SSSR count). The Balaban J connectivity index is 0.00000162. The molecule has 0 aromatic carbocycles. The molecule has 104 valence electrons. The Kier molecular flexibility index (Phi) is 5.13. The number of rotatable bonds is 6. The fourth-order valence-corrected chi connectivity index (χ4v) is 1.92. The summed E-state index contributed by atoms with van der Waals surface area (Å²) in [4.78, 5) is 6.61. The predicted molar refractivity (Wildman–Crippen MR) is 72.7 cm³/mol. The van der Waals surface area contributed by atoms with E-state index >= 15 is 0 Å². The number of hydrogen-bond acceptors (Lipinski definition) is 5. The molecule has 0 amide bonds. The molecule has 0 saturated heterocycles. The largest absolute Gasteiger partial charge is 0.339 e. The Bertz CT molecular complexity index is 376. The highest BCUT2D eigenvalue weighted by molar-refractivity contribution is 5.85. The van der Waals surface area contributed by atoms with Gasteiger partial charge in [-0.1, -0.05) is 19.0 Å². The Morgan fingerprint density at radius 2 is 2.11 bits per heavy atom. The third-order valence-electron chi connectivity index (χ3n) is 3.07. The zero-order valence-corrected chi connectivity index (χ0v) is 12.2. The van der Waals surface area contributed by atoms with Crippen LogP contribution in [0.3, 0.4) is 0 Å². The van der Waals surface area contributed by atoms with E-state index in [2.05, 4.69) is 35.9 Å². The molecule has 1 aliphatic rings. The zero-order chi connectivity index (χ0) is 12.5. The topological polar surface area (TPSA) is 68.2 Å². The SMILES string of the molecule is CN(Cc1noc(C2CC2)n1)CC(C)(C)CN.Cl. The van der Waals surface area contributed by atoms with Crippen molar-refractivity contribution in [1.82, 2.24) is 15.0 Å². The summed E-state index contributed by atoms with van der Waals surface area (Å²) < 4.78 is 5.23. The van der Waals surface area contributed by atoms with Crippen LogP contribution in [-0.4, -0.2) is 35.2 Å². The van der Waals surface area contributed by atoms with Gasteiger partial charge in [-0.05, 0) is 31.8 Å². The van der Waals surface area contributed by atoms with Gasteiger partial charge in [0.05, 0.1) is 6.54 Å². The van der Waals surface area contributed by atoms with Crippen molar-refractivity contribution < 1.29 is 4.52 Å². The van der Waals surface area contributed by atoms with E-state index in [9.17, 15) is 0 Å². The molecule has 0 bridgehead atoms. The first-order valence-corrected chi connectivity index (χ1v) is 6.21. The Labute approximate surface area is 115 Å². The number of aromatic nitrogens is 2. The lowest BCUT2D eigenvalue weighted by atomic mass is 9.93. The molecule has 1 aromatic rings. The van der Waals surface area contributed by atoms with Gasteiger partial charge in [0.2, 0.25) is 5.89 Å². The maximum absolute atomic E-state index is 5.72. The molecule has 2 N–H and O–H groups in total. The molecule has 6 heteroatoms. The summed E-state index contributed by atoms with van der Waals surface area (Å²) >= 11 is 0. The van der Waals surface area contributed by atoms with Crippen LogP contribution in [0.5, 0.6) is 0 Å². The van der Waals surface area contributed by atoms with Gasteiger partial charge >= 0.3 is 0 Å². The average Bonchev–Trinajstić information content (AvgIpc) is 3.00. The molecule has 18 heavy (non-hydrogen) atoms. The highest BCUT2D eigenvalue weighted by atomic mass is 35.5. The minimum absolute atomic E-state index is 0. The van der Waals surface area contributed by atoms with Crippen LogP contribution in [0.25, 0.3) is 0 Å². The lowest BCUT2D eigenvalue weighted by Crippen LogP contribution is -2.36. The van der Waals surface area contributed by atoms with Crippen molar-refractivity contribution in [2.45, 2.75) is 39.2 Å². The van der Waals surface area contributed by atoms with Crippen molar-refractivity contribution in [3.8, 4) is 0 Å². The molecular weight excluding hydrogens is 252 g/mol. The van der Waals surface area contributed by atoms with Gasteiger partial charge in [0.1, 0.15) is 0 Å². The normalized spacial score (nSPS) is 15.8. The Morgan fingerprint density at radius 1 is 1.44 bits per heavy atom. The standard InChI is InChI=1S/C12H22N4O.ClH/c1-12(2,7-13)8-16(3)6-10-14-11(17-15-10)9-4-5-9;/h9H,4-8,13H2,1-3H3;1H. The number of nitrogens with two attached hydrogens (primary N) is 1. The van der Waals surface area contributed by atoms with Crippen LogP contribution in [0, 0.1) is 5.41 Å². The smallest absolute Gasteiger partial charge is 0.229 e. The van der Waals surface area contributed by atoms with Gasteiger partial charge in [-0.25, -0.2) is 0 Å². The van der Waals surface area contributed by atoms with Crippen molar-refractivity contribution in [3.63, 3.8) is 0 Å². The summed E-state index contributed by atoms with van der Waals surface area (Å²) in [6, 6.07) is 0. The molecule has 0 spiro atoms. The molecule has 1 fully saturated rings. The van der Waals surface area contributed by atoms with Crippen LogP contribution in [0.2, 0.25) is 0 Å². The molecule has 0 atom stereocenters. The number of nitrogens with zero attached hydrogens (tertiary/aromatic N) is 3. The molecule has 1 heterocycles. The van der Waals surface area contributed by atoms with E-state index in [1.165, 1.54) is 12.8 Å². The summed E-state index contributed by atoms with van der Waals surface area (Å²) in [6.07, 6.45) is 2.38. The second kappa shape index (κ2) is 5.99. The number of hydrogen-bond donors (Lipinski definition) is 1. The maximum Gasteiger partial charge on any atom is 0.229 e. The van der Waals surface area contributed by atoms with Crippen molar-refractivity contribution in [2.24, 2.45) is 11.1 Å². The molecule has 0 radical (unpaired) electrons. The van der Waals surface area contributed by atoms with Crippen LogP contribution in [0.1, 0.15) is 44.3 Å². The summed E-state index contributed by atoms with van der Waals surface area (Å²) in [7, 11) is 2.06. The van der Waals surface area contributed by atoms with Crippen LogP contribution in [-0.2, 0) is 6.54 Å². The summed E-state index contributed by atoms with van der Waals surface area (Å²) in [5.41, 5.74) is 5.85. The molecule has 1 aromatic heterocycles.